The Labute approximate surface area is 109 Å². The van der Waals surface area contributed by atoms with Gasteiger partial charge in [0.2, 0.25) is 0 Å². The van der Waals surface area contributed by atoms with Gasteiger partial charge in [0.05, 0.1) is 0 Å². The highest BCUT2D eigenvalue weighted by molar-refractivity contribution is 5.95. The molecule has 1 aromatic carbocycles. The Kier molecular flexibility index (Phi) is 5.36. The van der Waals surface area contributed by atoms with Crippen molar-refractivity contribution in [2.75, 3.05) is 19.0 Å². The van der Waals surface area contributed by atoms with E-state index in [1.165, 1.54) is 0 Å². The number of nitrogens with zero attached hydrogens (tertiary/aromatic N) is 2. The van der Waals surface area contributed by atoms with E-state index < -0.39 is 0 Å². The van der Waals surface area contributed by atoms with Crippen molar-refractivity contribution in [3.63, 3.8) is 0 Å². The summed E-state index contributed by atoms with van der Waals surface area (Å²) in [6.07, 6.45) is 1.93. The highest BCUT2D eigenvalue weighted by Gasteiger charge is 2.04. The van der Waals surface area contributed by atoms with Crippen LogP contribution in [-0.2, 0) is 0 Å². The van der Waals surface area contributed by atoms with Crippen LogP contribution in [0.2, 0.25) is 0 Å². The van der Waals surface area contributed by atoms with E-state index >= 15 is 0 Å². The third-order valence-corrected chi connectivity index (χ3v) is 2.61. The number of nitrogens with one attached hydrogen (secondary N) is 1. The molecule has 98 valence electrons. The monoisotopic (exact) mass is 247 g/mol. The van der Waals surface area contributed by atoms with Crippen LogP contribution in [0.25, 0.3) is 0 Å². The molecule has 0 heterocycles. The number of carbonyl (C=O) groups is 1. The van der Waals surface area contributed by atoms with Crippen LogP contribution in [0.15, 0.2) is 29.4 Å². The molecule has 4 nitrogen and oxygen atoms in total. The van der Waals surface area contributed by atoms with E-state index in [0.717, 1.165) is 24.2 Å². The lowest BCUT2D eigenvalue weighted by molar-refractivity contribution is 0.0954. The predicted octanol–water partition coefficient (Wildman–Crippen LogP) is 2.66. The maximum Gasteiger partial charge on any atom is 0.271 e. The molecular formula is C14H21N3O. The molecule has 0 aromatic heterocycles. The lowest BCUT2D eigenvalue weighted by atomic mass is 10.2. The summed E-state index contributed by atoms with van der Waals surface area (Å²) in [6, 6.07) is 7.43. The van der Waals surface area contributed by atoms with Gasteiger partial charge in [0.15, 0.2) is 0 Å². The molecule has 4 heteroatoms. The zero-order chi connectivity index (χ0) is 13.5. The normalized spacial score (nSPS) is 11.2. The Hall–Kier alpha value is -1.84. The van der Waals surface area contributed by atoms with Gasteiger partial charge >= 0.3 is 0 Å². The third kappa shape index (κ3) is 4.20. The van der Waals surface area contributed by atoms with Crippen molar-refractivity contribution >= 4 is 17.3 Å². The summed E-state index contributed by atoms with van der Waals surface area (Å²) in [7, 11) is 3.93. The Balaban J connectivity index is 2.65. The molecule has 0 aliphatic heterocycles. The van der Waals surface area contributed by atoms with Gasteiger partial charge in [0, 0.05) is 31.1 Å². The van der Waals surface area contributed by atoms with E-state index in [2.05, 4.69) is 17.5 Å². The first-order valence-corrected chi connectivity index (χ1v) is 6.15. The van der Waals surface area contributed by atoms with Gasteiger partial charge in [0.1, 0.15) is 0 Å². The molecule has 0 saturated heterocycles. The summed E-state index contributed by atoms with van der Waals surface area (Å²) < 4.78 is 0. The standard InChI is InChI=1S/C14H21N3O/c1-5-6-11(2)15-16-14(18)12-7-9-13(10-8-12)17(3)4/h7-10H,5-6H2,1-4H3,(H,16,18)/b15-11-. The van der Waals surface area contributed by atoms with Crippen LogP contribution in [0.1, 0.15) is 37.0 Å². The maximum atomic E-state index is 11.8. The molecule has 1 amide bonds. The number of amides is 1. The first-order chi connectivity index (χ1) is 8.54. The molecule has 1 aromatic rings. The van der Waals surface area contributed by atoms with Gasteiger partial charge in [-0.05, 0) is 37.6 Å². The van der Waals surface area contributed by atoms with Crippen LogP contribution >= 0.6 is 0 Å². The summed E-state index contributed by atoms with van der Waals surface area (Å²) in [5, 5.41) is 4.05. The van der Waals surface area contributed by atoms with Crippen molar-refractivity contribution in [2.24, 2.45) is 5.10 Å². The fourth-order valence-corrected chi connectivity index (χ4v) is 1.54. The Morgan fingerprint density at radius 2 is 1.89 bits per heavy atom. The number of hydrogen-bond donors (Lipinski definition) is 1. The average molecular weight is 247 g/mol. The van der Waals surface area contributed by atoms with E-state index in [1.807, 2.05) is 38.1 Å². The summed E-state index contributed by atoms with van der Waals surface area (Å²) in [6.45, 7) is 4.00. The lowest BCUT2D eigenvalue weighted by Gasteiger charge is -2.12. The molecule has 0 fully saturated rings. The number of anilines is 1. The number of hydrogen-bond acceptors (Lipinski definition) is 3. The lowest BCUT2D eigenvalue weighted by Crippen LogP contribution is -2.19. The summed E-state index contributed by atoms with van der Waals surface area (Å²) in [5.74, 6) is -0.171. The third-order valence-electron chi connectivity index (χ3n) is 2.61. The van der Waals surface area contributed by atoms with E-state index in [0.29, 0.717) is 5.56 Å². The van der Waals surface area contributed by atoms with Crippen LogP contribution < -0.4 is 10.3 Å². The van der Waals surface area contributed by atoms with E-state index in [1.54, 1.807) is 12.1 Å². The average Bonchev–Trinajstić information content (AvgIpc) is 2.36. The van der Waals surface area contributed by atoms with Crippen molar-refractivity contribution in [1.82, 2.24) is 5.43 Å². The molecular weight excluding hydrogens is 226 g/mol. The second kappa shape index (κ2) is 6.79. The molecule has 0 atom stereocenters. The van der Waals surface area contributed by atoms with Crippen LogP contribution in [-0.4, -0.2) is 25.7 Å². The summed E-state index contributed by atoms with van der Waals surface area (Å²) in [4.78, 5) is 13.8. The number of benzene rings is 1. The first kappa shape index (κ1) is 14.2. The minimum atomic E-state index is -0.171. The van der Waals surface area contributed by atoms with Crippen LogP contribution in [0, 0.1) is 0 Å². The van der Waals surface area contributed by atoms with Crippen molar-refractivity contribution in [3.05, 3.63) is 29.8 Å². The summed E-state index contributed by atoms with van der Waals surface area (Å²) >= 11 is 0. The van der Waals surface area contributed by atoms with Gasteiger partial charge in [-0.3, -0.25) is 4.79 Å². The van der Waals surface area contributed by atoms with Gasteiger partial charge in [0.25, 0.3) is 5.91 Å². The van der Waals surface area contributed by atoms with Gasteiger partial charge in [-0.25, -0.2) is 5.43 Å². The van der Waals surface area contributed by atoms with Crippen molar-refractivity contribution < 1.29 is 4.79 Å². The second-order valence-electron chi connectivity index (χ2n) is 4.48. The smallest absolute Gasteiger partial charge is 0.271 e. The molecule has 0 bridgehead atoms. The van der Waals surface area contributed by atoms with Gasteiger partial charge in [-0.2, -0.15) is 5.10 Å². The van der Waals surface area contributed by atoms with Crippen LogP contribution in [0.3, 0.4) is 0 Å². The molecule has 0 radical (unpaired) electrons. The molecule has 0 aliphatic rings. The van der Waals surface area contributed by atoms with Crippen LogP contribution in [0.5, 0.6) is 0 Å². The molecule has 18 heavy (non-hydrogen) atoms. The fraction of sp³-hybridized carbons (Fsp3) is 0.429. The maximum absolute atomic E-state index is 11.8. The zero-order valence-electron chi connectivity index (χ0n) is 11.5. The fourth-order valence-electron chi connectivity index (χ4n) is 1.54. The molecule has 0 saturated carbocycles. The van der Waals surface area contributed by atoms with Crippen molar-refractivity contribution in [1.29, 1.82) is 0 Å². The number of hydrazone groups is 1. The zero-order valence-corrected chi connectivity index (χ0v) is 11.5. The molecule has 0 aliphatic carbocycles. The minimum absolute atomic E-state index is 0.171. The van der Waals surface area contributed by atoms with Crippen LogP contribution in [0.4, 0.5) is 5.69 Å². The van der Waals surface area contributed by atoms with Gasteiger partial charge in [-0.1, -0.05) is 13.3 Å². The number of rotatable bonds is 5. The minimum Gasteiger partial charge on any atom is -0.378 e. The van der Waals surface area contributed by atoms with Crippen molar-refractivity contribution in [3.8, 4) is 0 Å². The first-order valence-electron chi connectivity index (χ1n) is 6.15. The van der Waals surface area contributed by atoms with E-state index in [-0.39, 0.29) is 5.91 Å². The van der Waals surface area contributed by atoms with E-state index in [4.69, 9.17) is 0 Å². The Morgan fingerprint density at radius 3 is 2.39 bits per heavy atom. The number of carbonyl (C=O) groups excluding carboxylic acids is 1. The quantitative estimate of drug-likeness (QED) is 0.642. The Bertz CT molecular complexity index is 421. The van der Waals surface area contributed by atoms with Gasteiger partial charge < -0.3 is 4.90 Å². The topological polar surface area (TPSA) is 44.7 Å². The summed E-state index contributed by atoms with van der Waals surface area (Å²) in [5.41, 5.74) is 5.19. The largest absolute Gasteiger partial charge is 0.378 e. The SMILES string of the molecule is CCC/C(C)=N\NC(=O)c1ccc(N(C)C)cc1. The van der Waals surface area contributed by atoms with Gasteiger partial charge in [-0.15, -0.1) is 0 Å². The highest BCUT2D eigenvalue weighted by Crippen LogP contribution is 2.12. The molecule has 0 spiro atoms. The second-order valence-corrected chi connectivity index (χ2v) is 4.48. The van der Waals surface area contributed by atoms with Crippen molar-refractivity contribution in [2.45, 2.75) is 26.7 Å². The highest BCUT2D eigenvalue weighted by atomic mass is 16.2. The molecule has 1 N–H and O–H groups in total. The molecule has 1 rings (SSSR count). The van der Waals surface area contributed by atoms with E-state index in [9.17, 15) is 4.79 Å². The molecule has 0 unspecified atom stereocenters. The Morgan fingerprint density at radius 1 is 1.28 bits per heavy atom. The predicted molar refractivity (Wildman–Crippen MR) is 76.3 cm³/mol.